The summed E-state index contributed by atoms with van der Waals surface area (Å²) >= 11 is 5.87. The van der Waals surface area contributed by atoms with Gasteiger partial charge in [0.2, 0.25) is 5.78 Å². The Morgan fingerprint density at radius 2 is 1.81 bits per heavy atom. The molecular formula is C18H14ClN3O4. The molecule has 2 aromatic carbocycles. The Hall–Kier alpha value is -3.16. The Morgan fingerprint density at radius 3 is 2.46 bits per heavy atom. The number of ketones is 1. The van der Waals surface area contributed by atoms with Gasteiger partial charge in [0.25, 0.3) is 0 Å². The molecule has 0 unspecified atom stereocenters. The predicted molar refractivity (Wildman–Crippen MR) is 96.0 cm³/mol. The minimum absolute atomic E-state index is 0.119. The first kappa shape index (κ1) is 17.7. The number of aromatic nitrogens is 2. The van der Waals surface area contributed by atoms with Crippen molar-refractivity contribution in [2.24, 2.45) is 0 Å². The number of amides is 1. The third-order valence-corrected chi connectivity index (χ3v) is 3.89. The number of hydrogen-bond acceptors (Lipinski definition) is 4. The number of benzene rings is 2. The van der Waals surface area contributed by atoms with Crippen LogP contribution in [-0.4, -0.2) is 33.9 Å². The van der Waals surface area contributed by atoms with Crippen molar-refractivity contribution in [3.63, 3.8) is 0 Å². The van der Waals surface area contributed by atoms with Gasteiger partial charge in [0.15, 0.2) is 0 Å². The lowest BCUT2D eigenvalue weighted by Gasteiger charge is -2.18. The fourth-order valence-electron chi connectivity index (χ4n) is 2.44. The van der Waals surface area contributed by atoms with Crippen LogP contribution in [-0.2, 0) is 4.84 Å². The Labute approximate surface area is 153 Å². The zero-order valence-electron chi connectivity index (χ0n) is 13.7. The van der Waals surface area contributed by atoms with Gasteiger partial charge >= 0.3 is 6.09 Å². The highest BCUT2D eigenvalue weighted by Crippen LogP contribution is 2.23. The van der Waals surface area contributed by atoms with E-state index in [1.807, 2.05) is 0 Å². The molecule has 0 fully saturated rings. The second kappa shape index (κ2) is 7.38. The molecule has 0 saturated carbocycles. The van der Waals surface area contributed by atoms with Crippen LogP contribution in [0.3, 0.4) is 0 Å². The number of nitrogens with zero attached hydrogens (tertiary/aromatic N) is 3. The van der Waals surface area contributed by atoms with E-state index in [0.717, 1.165) is 5.69 Å². The topological polar surface area (TPSA) is 84.7 Å². The van der Waals surface area contributed by atoms with Gasteiger partial charge in [-0.3, -0.25) is 9.63 Å². The van der Waals surface area contributed by atoms with E-state index in [1.165, 1.54) is 23.9 Å². The van der Waals surface area contributed by atoms with Gasteiger partial charge in [0, 0.05) is 11.2 Å². The molecule has 3 aromatic rings. The zero-order valence-corrected chi connectivity index (χ0v) is 14.4. The van der Waals surface area contributed by atoms with Crippen LogP contribution in [0, 0.1) is 0 Å². The molecule has 1 heterocycles. The van der Waals surface area contributed by atoms with E-state index in [1.54, 1.807) is 48.7 Å². The lowest BCUT2D eigenvalue weighted by atomic mass is 10.1. The fourth-order valence-corrected chi connectivity index (χ4v) is 2.57. The molecule has 0 aliphatic heterocycles. The summed E-state index contributed by atoms with van der Waals surface area (Å²) in [4.78, 5) is 29.0. The van der Waals surface area contributed by atoms with Crippen LogP contribution in [0.2, 0.25) is 5.02 Å². The summed E-state index contributed by atoms with van der Waals surface area (Å²) in [6, 6.07) is 14.8. The first-order chi connectivity index (χ1) is 12.5. The van der Waals surface area contributed by atoms with E-state index in [9.17, 15) is 14.7 Å². The maximum atomic E-state index is 12.8. The van der Waals surface area contributed by atoms with E-state index >= 15 is 0 Å². The average molecular weight is 372 g/mol. The molecule has 1 aromatic heterocycles. The third kappa shape index (κ3) is 3.44. The molecule has 0 aliphatic rings. The second-order valence-electron chi connectivity index (χ2n) is 5.23. The molecule has 0 spiro atoms. The highest BCUT2D eigenvalue weighted by Gasteiger charge is 2.23. The van der Waals surface area contributed by atoms with Crippen molar-refractivity contribution in [3.8, 4) is 5.69 Å². The number of carbonyl (C=O) groups excluding carboxylic acids is 1. The van der Waals surface area contributed by atoms with Gasteiger partial charge in [-0.25, -0.2) is 9.48 Å². The van der Waals surface area contributed by atoms with E-state index in [-0.39, 0.29) is 16.9 Å². The monoisotopic (exact) mass is 371 g/mol. The standard InChI is InChI=1S/C18H14ClN3O4/c1-26-22(18(24)25)16-5-3-2-4-14(16)17(23)15-10-11-21(20-15)13-8-6-12(19)7-9-13/h2-11H,1H3,(H,24,25). The first-order valence-electron chi connectivity index (χ1n) is 7.54. The van der Waals surface area contributed by atoms with Gasteiger partial charge in [-0.1, -0.05) is 23.7 Å². The normalized spacial score (nSPS) is 10.5. The molecular weight excluding hydrogens is 358 g/mol. The third-order valence-electron chi connectivity index (χ3n) is 3.64. The lowest BCUT2D eigenvalue weighted by molar-refractivity contribution is 0.103. The quantitative estimate of drug-likeness (QED) is 0.544. The van der Waals surface area contributed by atoms with E-state index in [4.69, 9.17) is 16.4 Å². The van der Waals surface area contributed by atoms with Crippen LogP contribution in [0.4, 0.5) is 10.5 Å². The lowest BCUT2D eigenvalue weighted by Crippen LogP contribution is -2.29. The van der Waals surface area contributed by atoms with Crippen molar-refractivity contribution in [3.05, 3.63) is 77.1 Å². The summed E-state index contributed by atoms with van der Waals surface area (Å²) in [5, 5.41) is 14.7. The first-order valence-corrected chi connectivity index (χ1v) is 7.91. The van der Waals surface area contributed by atoms with Crippen molar-refractivity contribution < 1.29 is 19.5 Å². The Balaban J connectivity index is 1.96. The number of hydrogen-bond donors (Lipinski definition) is 1. The number of halogens is 1. The average Bonchev–Trinajstić information content (AvgIpc) is 3.12. The SMILES string of the molecule is CON(C(=O)O)c1ccccc1C(=O)c1ccn(-c2ccc(Cl)cc2)n1. The fraction of sp³-hybridized carbons (Fsp3) is 0.0556. The highest BCUT2D eigenvalue weighted by atomic mass is 35.5. The van der Waals surface area contributed by atoms with Crippen LogP contribution in [0.15, 0.2) is 60.8 Å². The summed E-state index contributed by atoms with van der Waals surface area (Å²) in [5.41, 5.74) is 1.20. The molecule has 0 aliphatic carbocycles. The minimum atomic E-state index is -1.33. The minimum Gasteiger partial charge on any atom is -0.463 e. The molecule has 1 N–H and O–H groups in total. The van der Waals surface area contributed by atoms with Gasteiger partial charge in [0.05, 0.1) is 24.0 Å². The van der Waals surface area contributed by atoms with E-state index in [0.29, 0.717) is 10.1 Å². The molecule has 0 radical (unpaired) electrons. The van der Waals surface area contributed by atoms with Crippen molar-refractivity contribution >= 4 is 29.2 Å². The van der Waals surface area contributed by atoms with Crippen molar-refractivity contribution in [1.82, 2.24) is 9.78 Å². The molecule has 3 rings (SSSR count). The summed E-state index contributed by atoms with van der Waals surface area (Å²) in [6.07, 6.45) is 0.309. The Morgan fingerprint density at radius 1 is 1.12 bits per heavy atom. The molecule has 0 saturated heterocycles. The molecule has 0 atom stereocenters. The van der Waals surface area contributed by atoms with Crippen molar-refractivity contribution in [1.29, 1.82) is 0 Å². The van der Waals surface area contributed by atoms with Crippen LogP contribution in [0.5, 0.6) is 0 Å². The van der Waals surface area contributed by atoms with Crippen LogP contribution >= 0.6 is 11.6 Å². The largest absolute Gasteiger partial charge is 0.463 e. The predicted octanol–water partition coefficient (Wildman–Crippen LogP) is 3.80. The molecule has 8 heteroatoms. The van der Waals surface area contributed by atoms with E-state index in [2.05, 4.69) is 5.10 Å². The molecule has 0 bridgehead atoms. The Kier molecular flexibility index (Phi) is 5.01. The molecule has 26 heavy (non-hydrogen) atoms. The van der Waals surface area contributed by atoms with Crippen LogP contribution < -0.4 is 5.06 Å². The molecule has 7 nitrogen and oxygen atoms in total. The van der Waals surface area contributed by atoms with Gasteiger partial charge in [-0.15, -0.1) is 0 Å². The van der Waals surface area contributed by atoms with Gasteiger partial charge in [-0.05, 0) is 42.5 Å². The number of hydroxylamine groups is 1. The van der Waals surface area contributed by atoms with Crippen LogP contribution in [0.1, 0.15) is 16.1 Å². The molecule has 1 amide bonds. The number of rotatable bonds is 5. The number of para-hydroxylation sites is 1. The smallest absolute Gasteiger partial charge is 0.436 e. The summed E-state index contributed by atoms with van der Waals surface area (Å²) < 4.78 is 1.54. The summed E-state index contributed by atoms with van der Waals surface area (Å²) in [7, 11) is 1.21. The maximum Gasteiger partial charge on any atom is 0.436 e. The maximum absolute atomic E-state index is 12.8. The van der Waals surface area contributed by atoms with Crippen LogP contribution in [0.25, 0.3) is 5.69 Å². The van der Waals surface area contributed by atoms with Gasteiger partial charge in [0.1, 0.15) is 5.69 Å². The highest BCUT2D eigenvalue weighted by molar-refractivity contribution is 6.30. The van der Waals surface area contributed by atoms with Crippen molar-refractivity contribution in [2.75, 3.05) is 12.2 Å². The number of carbonyl (C=O) groups is 2. The molecule has 132 valence electrons. The second-order valence-corrected chi connectivity index (χ2v) is 5.66. The zero-order chi connectivity index (χ0) is 18.7. The Bertz CT molecular complexity index is 953. The number of carboxylic acid groups (broad SMARTS) is 1. The summed E-state index contributed by atoms with van der Waals surface area (Å²) in [5.74, 6) is -0.420. The summed E-state index contributed by atoms with van der Waals surface area (Å²) in [6.45, 7) is 0. The van der Waals surface area contributed by atoms with Gasteiger partial charge < -0.3 is 5.11 Å². The number of anilines is 1. The van der Waals surface area contributed by atoms with E-state index < -0.39 is 11.9 Å². The van der Waals surface area contributed by atoms with Gasteiger partial charge in [-0.2, -0.15) is 10.2 Å². The van der Waals surface area contributed by atoms with Crippen molar-refractivity contribution in [2.45, 2.75) is 0 Å².